The third kappa shape index (κ3) is 5.03. The minimum absolute atomic E-state index is 0.00125. The van der Waals surface area contributed by atoms with Gasteiger partial charge in [0.05, 0.1) is 6.33 Å². The average molecular weight is 400 g/mol. The van der Waals surface area contributed by atoms with Crippen molar-refractivity contribution in [1.29, 1.82) is 0 Å². The number of benzene rings is 2. The van der Waals surface area contributed by atoms with Crippen molar-refractivity contribution >= 4 is 5.91 Å². The zero-order valence-electron chi connectivity index (χ0n) is 16.7. The van der Waals surface area contributed by atoms with E-state index >= 15 is 0 Å². The highest BCUT2D eigenvalue weighted by atomic mass is 16.4. The normalized spacial score (nSPS) is 10.8. The number of aromatic nitrogens is 3. The number of imidazole rings is 1. The molecule has 0 fully saturated rings. The lowest BCUT2D eigenvalue weighted by Gasteiger charge is -2.05. The largest absolute Gasteiger partial charge is 0.440 e. The van der Waals surface area contributed by atoms with E-state index in [1.54, 1.807) is 12.5 Å². The molecule has 0 saturated carbocycles. The molecule has 152 valence electrons. The van der Waals surface area contributed by atoms with Crippen LogP contribution in [0.5, 0.6) is 0 Å². The molecule has 0 bridgehead atoms. The zero-order chi connectivity index (χ0) is 20.6. The molecule has 0 atom stereocenters. The summed E-state index contributed by atoms with van der Waals surface area (Å²) in [5.41, 5.74) is 2.77. The predicted octanol–water partition coefficient (Wildman–Crippen LogP) is 4.34. The monoisotopic (exact) mass is 400 g/mol. The van der Waals surface area contributed by atoms with Crippen molar-refractivity contribution in [2.75, 3.05) is 6.54 Å². The van der Waals surface area contributed by atoms with Crippen molar-refractivity contribution in [3.63, 3.8) is 0 Å². The molecule has 1 amide bonds. The van der Waals surface area contributed by atoms with Gasteiger partial charge in [0.2, 0.25) is 5.91 Å². The van der Waals surface area contributed by atoms with Crippen LogP contribution >= 0.6 is 0 Å². The molecule has 6 heteroatoms. The van der Waals surface area contributed by atoms with Crippen molar-refractivity contribution in [1.82, 2.24) is 19.9 Å². The molecule has 1 N–H and O–H groups in total. The quantitative estimate of drug-likeness (QED) is 0.424. The topological polar surface area (TPSA) is 73.0 Å². The minimum Gasteiger partial charge on any atom is -0.440 e. The summed E-state index contributed by atoms with van der Waals surface area (Å²) in [4.78, 5) is 20.9. The molecule has 0 unspecified atom stereocenters. The van der Waals surface area contributed by atoms with E-state index in [0.717, 1.165) is 35.5 Å². The van der Waals surface area contributed by atoms with Crippen LogP contribution in [0.25, 0.3) is 22.6 Å². The summed E-state index contributed by atoms with van der Waals surface area (Å²) < 4.78 is 8.07. The summed E-state index contributed by atoms with van der Waals surface area (Å²) in [6.07, 6.45) is 7.10. The van der Waals surface area contributed by atoms with Gasteiger partial charge in [-0.1, -0.05) is 60.7 Å². The van der Waals surface area contributed by atoms with E-state index in [9.17, 15) is 4.79 Å². The predicted molar refractivity (Wildman–Crippen MR) is 116 cm³/mol. The summed E-state index contributed by atoms with van der Waals surface area (Å²) in [6, 6.07) is 19.9. The Morgan fingerprint density at radius 3 is 2.43 bits per heavy atom. The van der Waals surface area contributed by atoms with E-state index in [1.165, 1.54) is 0 Å². The number of amides is 1. The van der Waals surface area contributed by atoms with Gasteiger partial charge in [0.1, 0.15) is 5.69 Å². The Morgan fingerprint density at radius 2 is 1.73 bits per heavy atom. The second-order valence-corrected chi connectivity index (χ2v) is 7.02. The molecule has 0 saturated heterocycles. The lowest BCUT2D eigenvalue weighted by molar-refractivity contribution is -0.121. The summed E-state index contributed by atoms with van der Waals surface area (Å²) in [7, 11) is 0. The summed E-state index contributed by atoms with van der Waals surface area (Å²) in [5, 5.41) is 2.96. The Bertz CT molecular complexity index is 1000. The Hall–Kier alpha value is -3.67. The number of nitrogens with one attached hydrogen (secondary N) is 1. The number of aryl methyl sites for hydroxylation is 2. The molecule has 4 aromatic rings. The number of hydrogen-bond acceptors (Lipinski definition) is 4. The second-order valence-electron chi connectivity index (χ2n) is 7.02. The Balaban J connectivity index is 1.38. The highest BCUT2D eigenvalue weighted by Crippen LogP contribution is 2.32. The number of carbonyl (C=O) groups excluding carboxylic acids is 1. The Morgan fingerprint density at radius 1 is 1.00 bits per heavy atom. The molecular weight excluding hydrogens is 376 g/mol. The molecule has 2 heterocycles. The molecule has 30 heavy (non-hydrogen) atoms. The standard InChI is InChI=1S/C24H24N4O2/c29-21(26-14-7-16-28-17-15-25-18-28)12-13-22-27-23(19-8-3-1-4-9-19)24(30-22)20-10-5-2-6-11-20/h1-6,8-11,15,17-18H,7,12-14,16H2,(H,26,29). The van der Waals surface area contributed by atoms with Gasteiger partial charge in [-0.25, -0.2) is 9.97 Å². The van der Waals surface area contributed by atoms with Gasteiger partial charge >= 0.3 is 0 Å². The van der Waals surface area contributed by atoms with Crippen molar-refractivity contribution in [3.8, 4) is 22.6 Å². The third-order valence-electron chi connectivity index (χ3n) is 4.80. The Kier molecular flexibility index (Phi) is 6.35. The Labute approximate surface area is 175 Å². The van der Waals surface area contributed by atoms with Crippen molar-refractivity contribution < 1.29 is 9.21 Å². The van der Waals surface area contributed by atoms with Crippen LogP contribution in [-0.4, -0.2) is 27.0 Å². The molecule has 0 aliphatic heterocycles. The number of oxazole rings is 1. The number of rotatable bonds is 9. The average Bonchev–Trinajstić information content (AvgIpc) is 3.47. The second kappa shape index (κ2) is 9.69. The van der Waals surface area contributed by atoms with Crippen LogP contribution in [0.15, 0.2) is 83.8 Å². The van der Waals surface area contributed by atoms with E-state index in [2.05, 4.69) is 10.3 Å². The van der Waals surface area contributed by atoms with E-state index in [-0.39, 0.29) is 5.91 Å². The molecule has 0 aliphatic rings. The minimum atomic E-state index is 0.00125. The van der Waals surface area contributed by atoms with Crippen LogP contribution in [0.2, 0.25) is 0 Å². The first kappa shape index (κ1) is 19.6. The molecule has 2 aromatic heterocycles. The fourth-order valence-electron chi connectivity index (χ4n) is 3.27. The van der Waals surface area contributed by atoms with Crippen molar-refractivity contribution in [2.24, 2.45) is 0 Å². The lowest BCUT2D eigenvalue weighted by atomic mass is 10.1. The zero-order valence-corrected chi connectivity index (χ0v) is 16.7. The molecule has 2 aromatic carbocycles. The van der Waals surface area contributed by atoms with Gasteiger partial charge in [0.15, 0.2) is 11.7 Å². The SMILES string of the molecule is O=C(CCc1nc(-c2ccccc2)c(-c2ccccc2)o1)NCCCn1ccnc1. The number of carbonyl (C=O) groups is 1. The molecular formula is C24H24N4O2. The number of nitrogens with zero attached hydrogens (tertiary/aromatic N) is 3. The maximum atomic E-state index is 12.2. The van der Waals surface area contributed by atoms with Crippen LogP contribution in [0.1, 0.15) is 18.7 Å². The molecule has 4 rings (SSSR count). The molecule has 0 spiro atoms. The van der Waals surface area contributed by atoms with Crippen LogP contribution in [0, 0.1) is 0 Å². The van der Waals surface area contributed by atoms with Gasteiger partial charge < -0.3 is 14.3 Å². The van der Waals surface area contributed by atoms with Gasteiger partial charge in [-0.05, 0) is 6.42 Å². The maximum Gasteiger partial charge on any atom is 0.220 e. The van der Waals surface area contributed by atoms with Crippen LogP contribution in [-0.2, 0) is 17.8 Å². The molecule has 6 nitrogen and oxygen atoms in total. The summed E-state index contributed by atoms with van der Waals surface area (Å²) >= 11 is 0. The van der Waals surface area contributed by atoms with E-state index in [4.69, 9.17) is 9.40 Å². The lowest BCUT2D eigenvalue weighted by Crippen LogP contribution is -2.25. The van der Waals surface area contributed by atoms with Gasteiger partial charge in [0, 0.05) is 49.5 Å². The van der Waals surface area contributed by atoms with Gasteiger partial charge in [-0.2, -0.15) is 0 Å². The van der Waals surface area contributed by atoms with Crippen LogP contribution in [0.4, 0.5) is 0 Å². The van der Waals surface area contributed by atoms with Crippen LogP contribution in [0.3, 0.4) is 0 Å². The highest BCUT2D eigenvalue weighted by molar-refractivity contribution is 5.77. The first-order chi connectivity index (χ1) is 14.8. The molecule has 0 radical (unpaired) electrons. The van der Waals surface area contributed by atoms with E-state index < -0.39 is 0 Å². The van der Waals surface area contributed by atoms with Crippen molar-refractivity contribution in [2.45, 2.75) is 25.8 Å². The summed E-state index contributed by atoms with van der Waals surface area (Å²) in [6.45, 7) is 1.47. The molecule has 0 aliphatic carbocycles. The number of hydrogen-bond donors (Lipinski definition) is 1. The smallest absolute Gasteiger partial charge is 0.220 e. The van der Waals surface area contributed by atoms with E-state index in [0.29, 0.717) is 25.3 Å². The van der Waals surface area contributed by atoms with Gasteiger partial charge in [0.25, 0.3) is 0 Å². The third-order valence-corrected chi connectivity index (χ3v) is 4.80. The first-order valence-corrected chi connectivity index (χ1v) is 10.1. The fourth-order valence-corrected chi connectivity index (χ4v) is 3.27. The highest BCUT2D eigenvalue weighted by Gasteiger charge is 2.17. The van der Waals surface area contributed by atoms with Gasteiger partial charge in [-0.15, -0.1) is 0 Å². The van der Waals surface area contributed by atoms with Crippen LogP contribution < -0.4 is 5.32 Å². The van der Waals surface area contributed by atoms with Gasteiger partial charge in [-0.3, -0.25) is 4.79 Å². The summed E-state index contributed by atoms with van der Waals surface area (Å²) in [5.74, 6) is 1.31. The fraction of sp³-hybridized carbons (Fsp3) is 0.208. The van der Waals surface area contributed by atoms with E-state index in [1.807, 2.05) is 71.4 Å². The van der Waals surface area contributed by atoms with Crippen molar-refractivity contribution in [3.05, 3.63) is 85.3 Å². The first-order valence-electron chi connectivity index (χ1n) is 10.1. The maximum absolute atomic E-state index is 12.2.